The van der Waals surface area contributed by atoms with Crippen molar-refractivity contribution in [2.45, 2.75) is 39.0 Å². The van der Waals surface area contributed by atoms with Crippen molar-refractivity contribution in [3.05, 3.63) is 47.5 Å². The van der Waals surface area contributed by atoms with Crippen molar-refractivity contribution in [3.63, 3.8) is 0 Å². The van der Waals surface area contributed by atoms with Crippen LogP contribution in [0.25, 0.3) is 0 Å². The maximum absolute atomic E-state index is 12.6. The summed E-state index contributed by atoms with van der Waals surface area (Å²) in [5.41, 5.74) is 1.75. The lowest BCUT2D eigenvalue weighted by Crippen LogP contribution is -2.39. The highest BCUT2D eigenvalue weighted by molar-refractivity contribution is 6.04. The molecule has 0 aliphatic carbocycles. The first-order valence-corrected chi connectivity index (χ1v) is 9.58. The highest BCUT2D eigenvalue weighted by atomic mass is 16.5. The van der Waals surface area contributed by atoms with Crippen LogP contribution < -0.4 is 10.1 Å². The molecule has 3 rings (SSSR count). The van der Waals surface area contributed by atoms with Crippen LogP contribution in [0.5, 0.6) is 5.75 Å². The molecule has 2 aromatic rings. The minimum Gasteiger partial charge on any atom is -0.497 e. The summed E-state index contributed by atoms with van der Waals surface area (Å²) in [6.45, 7) is 5.13. The molecule has 1 aliphatic heterocycles. The van der Waals surface area contributed by atoms with Crippen molar-refractivity contribution in [1.82, 2.24) is 14.9 Å². The number of piperidine rings is 1. The van der Waals surface area contributed by atoms with E-state index < -0.39 is 0 Å². The molecular formula is C21H26N4O3. The number of hydrogen-bond donors (Lipinski definition) is 1. The molecule has 1 saturated heterocycles. The number of rotatable bonds is 5. The molecule has 28 heavy (non-hydrogen) atoms. The molecule has 0 unspecified atom stereocenters. The largest absolute Gasteiger partial charge is 0.497 e. The number of hydrogen-bond acceptors (Lipinski definition) is 5. The normalized spacial score (nSPS) is 16.5. The van der Waals surface area contributed by atoms with Gasteiger partial charge in [-0.05, 0) is 44.0 Å². The van der Waals surface area contributed by atoms with Crippen molar-refractivity contribution in [3.8, 4) is 5.75 Å². The molecule has 1 aromatic carbocycles. The predicted molar refractivity (Wildman–Crippen MR) is 107 cm³/mol. The van der Waals surface area contributed by atoms with Crippen LogP contribution in [0, 0.1) is 6.92 Å². The fraction of sp³-hybridized carbons (Fsp3) is 0.429. The van der Waals surface area contributed by atoms with Crippen LogP contribution in [0.1, 0.15) is 54.0 Å². The van der Waals surface area contributed by atoms with Gasteiger partial charge in [-0.15, -0.1) is 0 Å². The fourth-order valence-electron chi connectivity index (χ4n) is 3.42. The van der Waals surface area contributed by atoms with E-state index in [1.165, 1.54) is 0 Å². The Bertz CT molecular complexity index is 851. The van der Waals surface area contributed by atoms with Crippen molar-refractivity contribution in [2.24, 2.45) is 0 Å². The molecule has 0 saturated carbocycles. The predicted octanol–water partition coefficient (Wildman–Crippen LogP) is 3.16. The summed E-state index contributed by atoms with van der Waals surface area (Å²) in [7, 11) is 1.60. The SMILES string of the molecule is CCC(=O)N1CCC[C@H](c2ncc(C(=O)Nc3ccc(OC)cc3)c(C)n2)C1. The number of anilines is 1. The number of nitrogens with one attached hydrogen (secondary N) is 1. The molecule has 2 heterocycles. The Morgan fingerprint density at radius 3 is 2.68 bits per heavy atom. The van der Waals surface area contributed by atoms with E-state index >= 15 is 0 Å². The quantitative estimate of drug-likeness (QED) is 0.859. The van der Waals surface area contributed by atoms with Gasteiger partial charge in [0, 0.05) is 37.3 Å². The average Bonchev–Trinajstić information content (AvgIpc) is 2.73. The molecule has 1 atom stereocenters. The van der Waals surface area contributed by atoms with Crippen molar-refractivity contribution < 1.29 is 14.3 Å². The van der Waals surface area contributed by atoms with Gasteiger partial charge in [-0.2, -0.15) is 0 Å². The zero-order chi connectivity index (χ0) is 20.1. The number of likely N-dealkylation sites (tertiary alicyclic amines) is 1. The Balaban J connectivity index is 1.70. The summed E-state index contributed by atoms with van der Waals surface area (Å²) in [6.07, 6.45) is 3.98. The first-order valence-electron chi connectivity index (χ1n) is 9.58. The summed E-state index contributed by atoms with van der Waals surface area (Å²) in [5, 5.41) is 2.85. The lowest BCUT2D eigenvalue weighted by molar-refractivity contribution is -0.132. The maximum atomic E-state index is 12.6. The Labute approximate surface area is 165 Å². The van der Waals surface area contributed by atoms with E-state index in [4.69, 9.17) is 4.74 Å². The maximum Gasteiger partial charge on any atom is 0.259 e. The first-order chi connectivity index (χ1) is 13.5. The van der Waals surface area contributed by atoms with E-state index in [2.05, 4.69) is 15.3 Å². The molecule has 1 aliphatic rings. The monoisotopic (exact) mass is 382 g/mol. The molecule has 0 bridgehead atoms. The summed E-state index contributed by atoms with van der Waals surface area (Å²) in [6, 6.07) is 7.13. The molecule has 7 nitrogen and oxygen atoms in total. The molecule has 1 N–H and O–H groups in total. The van der Waals surface area contributed by atoms with Gasteiger partial charge in [-0.3, -0.25) is 9.59 Å². The zero-order valence-corrected chi connectivity index (χ0v) is 16.6. The molecule has 2 amide bonds. The number of aryl methyl sites for hydroxylation is 1. The second kappa shape index (κ2) is 8.82. The average molecular weight is 382 g/mol. The Morgan fingerprint density at radius 2 is 2.04 bits per heavy atom. The van der Waals surface area contributed by atoms with Crippen LogP contribution in [0.15, 0.2) is 30.5 Å². The smallest absolute Gasteiger partial charge is 0.259 e. The number of carbonyl (C=O) groups excluding carboxylic acids is 2. The topological polar surface area (TPSA) is 84.4 Å². The highest BCUT2D eigenvalue weighted by Crippen LogP contribution is 2.25. The third-order valence-corrected chi connectivity index (χ3v) is 5.03. The summed E-state index contributed by atoms with van der Waals surface area (Å²) in [4.78, 5) is 35.5. The number of amides is 2. The van der Waals surface area contributed by atoms with E-state index in [-0.39, 0.29) is 17.7 Å². The van der Waals surface area contributed by atoms with Gasteiger partial charge in [0.25, 0.3) is 5.91 Å². The van der Waals surface area contributed by atoms with E-state index in [1.54, 1.807) is 37.6 Å². The van der Waals surface area contributed by atoms with Crippen molar-refractivity contribution >= 4 is 17.5 Å². The lowest BCUT2D eigenvalue weighted by atomic mass is 9.96. The molecule has 1 aromatic heterocycles. The van der Waals surface area contributed by atoms with E-state index in [0.717, 1.165) is 25.1 Å². The Kier molecular flexibility index (Phi) is 6.23. The number of benzene rings is 1. The van der Waals surface area contributed by atoms with Crippen molar-refractivity contribution in [2.75, 3.05) is 25.5 Å². The first kappa shape index (κ1) is 19.8. The third-order valence-electron chi connectivity index (χ3n) is 5.03. The standard InChI is InChI=1S/C21H26N4O3/c1-4-19(26)25-11-5-6-15(13-25)20-22-12-18(14(2)23-20)21(27)24-16-7-9-17(28-3)10-8-16/h7-10,12,15H,4-6,11,13H2,1-3H3,(H,24,27)/t15-/m0/s1. The minimum atomic E-state index is -0.249. The van der Waals surface area contributed by atoms with Crippen LogP contribution in [-0.2, 0) is 4.79 Å². The van der Waals surface area contributed by atoms with Gasteiger partial charge in [0.2, 0.25) is 5.91 Å². The Morgan fingerprint density at radius 1 is 1.29 bits per heavy atom. The van der Waals surface area contributed by atoms with Gasteiger partial charge in [0.1, 0.15) is 11.6 Å². The summed E-state index contributed by atoms with van der Waals surface area (Å²) in [5.74, 6) is 1.45. The zero-order valence-electron chi connectivity index (χ0n) is 16.6. The van der Waals surface area contributed by atoms with Gasteiger partial charge >= 0.3 is 0 Å². The summed E-state index contributed by atoms with van der Waals surface area (Å²) < 4.78 is 5.12. The van der Waals surface area contributed by atoms with Crippen LogP contribution in [0.3, 0.4) is 0 Å². The van der Waals surface area contributed by atoms with E-state index in [9.17, 15) is 9.59 Å². The van der Waals surface area contributed by atoms with Gasteiger partial charge in [0.05, 0.1) is 18.4 Å². The number of nitrogens with zero attached hydrogens (tertiary/aromatic N) is 3. The van der Waals surface area contributed by atoms with Gasteiger partial charge in [-0.1, -0.05) is 6.92 Å². The number of carbonyl (C=O) groups is 2. The summed E-state index contributed by atoms with van der Waals surface area (Å²) >= 11 is 0. The van der Waals surface area contributed by atoms with Gasteiger partial charge in [0.15, 0.2) is 0 Å². The third kappa shape index (κ3) is 4.47. The van der Waals surface area contributed by atoms with E-state index in [1.807, 2.05) is 18.7 Å². The van der Waals surface area contributed by atoms with Gasteiger partial charge < -0.3 is 15.0 Å². The number of aromatic nitrogens is 2. The fourth-order valence-corrected chi connectivity index (χ4v) is 3.42. The van der Waals surface area contributed by atoms with Crippen LogP contribution in [0.4, 0.5) is 5.69 Å². The van der Waals surface area contributed by atoms with Crippen LogP contribution in [0.2, 0.25) is 0 Å². The molecule has 0 spiro atoms. The molecular weight excluding hydrogens is 356 g/mol. The van der Waals surface area contributed by atoms with E-state index in [0.29, 0.717) is 35.7 Å². The number of ether oxygens (including phenoxy) is 1. The van der Waals surface area contributed by atoms with Gasteiger partial charge in [-0.25, -0.2) is 9.97 Å². The van der Waals surface area contributed by atoms with Crippen LogP contribution >= 0.6 is 0 Å². The molecule has 148 valence electrons. The Hall–Kier alpha value is -2.96. The minimum absolute atomic E-state index is 0.113. The lowest BCUT2D eigenvalue weighted by Gasteiger charge is -2.32. The second-order valence-corrected chi connectivity index (χ2v) is 6.94. The van der Waals surface area contributed by atoms with Crippen molar-refractivity contribution in [1.29, 1.82) is 0 Å². The molecule has 0 radical (unpaired) electrons. The number of methoxy groups -OCH3 is 1. The molecule has 1 fully saturated rings. The highest BCUT2D eigenvalue weighted by Gasteiger charge is 2.26. The van der Waals surface area contributed by atoms with Crippen LogP contribution in [-0.4, -0.2) is 46.9 Å². The molecule has 7 heteroatoms. The second-order valence-electron chi connectivity index (χ2n) is 6.94.